The second-order valence-corrected chi connectivity index (χ2v) is 6.33. The van der Waals surface area contributed by atoms with Crippen molar-refractivity contribution in [1.82, 2.24) is 5.32 Å². The molecule has 128 valence electrons. The van der Waals surface area contributed by atoms with Gasteiger partial charge in [0.2, 0.25) is 11.8 Å². The molecule has 0 aromatic heterocycles. The van der Waals surface area contributed by atoms with Gasteiger partial charge in [0.15, 0.2) is 0 Å². The van der Waals surface area contributed by atoms with Gasteiger partial charge in [0.05, 0.1) is 10.0 Å². The maximum absolute atomic E-state index is 12.4. The Balaban J connectivity index is 0.00000264. The number of anilines is 1. The molecular formula is C15H20Cl3N3O2. The highest BCUT2D eigenvalue weighted by Gasteiger charge is 2.37. The third-order valence-electron chi connectivity index (χ3n) is 3.76. The molecule has 23 heavy (non-hydrogen) atoms. The molecule has 5 nitrogen and oxygen atoms in total. The quantitative estimate of drug-likeness (QED) is 0.771. The first-order chi connectivity index (χ1) is 10.4. The van der Waals surface area contributed by atoms with Crippen molar-refractivity contribution in [3.8, 4) is 0 Å². The zero-order valence-corrected chi connectivity index (χ0v) is 15.0. The van der Waals surface area contributed by atoms with Crippen molar-refractivity contribution in [3.63, 3.8) is 0 Å². The molecule has 1 aromatic rings. The number of benzene rings is 1. The fraction of sp³-hybridized carbons (Fsp3) is 0.467. The summed E-state index contributed by atoms with van der Waals surface area (Å²) in [7, 11) is 0. The van der Waals surface area contributed by atoms with Crippen molar-refractivity contribution in [1.29, 1.82) is 0 Å². The number of amides is 2. The summed E-state index contributed by atoms with van der Waals surface area (Å²) in [5.74, 6) is -0.921. The van der Waals surface area contributed by atoms with Crippen molar-refractivity contribution in [3.05, 3.63) is 28.2 Å². The molecular weight excluding hydrogens is 361 g/mol. The third-order valence-corrected chi connectivity index (χ3v) is 4.50. The molecule has 2 rings (SSSR count). The van der Waals surface area contributed by atoms with Crippen LogP contribution in [0, 0.1) is 11.8 Å². The Kier molecular flexibility index (Phi) is 7.61. The number of hydrogen-bond donors (Lipinski definition) is 2. The zero-order valence-electron chi connectivity index (χ0n) is 12.7. The van der Waals surface area contributed by atoms with E-state index in [0.717, 1.165) is 0 Å². The number of carbonyl (C=O) groups is 2. The standard InChI is InChI=1S/C15H19Cl2N3O2.ClH/c1-9(7-18)8-19-14(21)11-4-5-20(15(11)22)10-2-3-12(16)13(17)6-10;/h2-3,6,9,11H,4-5,7-8,18H2,1H3,(H,19,21);1H. The van der Waals surface area contributed by atoms with E-state index in [-0.39, 0.29) is 30.1 Å². The molecule has 1 saturated heterocycles. The van der Waals surface area contributed by atoms with Gasteiger partial charge in [0.25, 0.3) is 0 Å². The Morgan fingerprint density at radius 1 is 1.43 bits per heavy atom. The van der Waals surface area contributed by atoms with E-state index in [1.54, 1.807) is 23.1 Å². The van der Waals surface area contributed by atoms with Crippen LogP contribution in [0.2, 0.25) is 10.0 Å². The SMILES string of the molecule is CC(CN)CNC(=O)C1CCN(c2ccc(Cl)c(Cl)c2)C1=O.Cl. The molecule has 0 saturated carbocycles. The lowest BCUT2D eigenvalue weighted by Gasteiger charge is -2.18. The van der Waals surface area contributed by atoms with Crippen molar-refractivity contribution in [2.45, 2.75) is 13.3 Å². The monoisotopic (exact) mass is 379 g/mol. The van der Waals surface area contributed by atoms with Crippen molar-refractivity contribution in [2.75, 3.05) is 24.5 Å². The summed E-state index contributed by atoms with van der Waals surface area (Å²) in [5.41, 5.74) is 6.17. The Morgan fingerprint density at radius 2 is 2.13 bits per heavy atom. The molecule has 0 spiro atoms. The van der Waals surface area contributed by atoms with Gasteiger partial charge in [-0.3, -0.25) is 9.59 Å². The number of nitrogens with two attached hydrogens (primary N) is 1. The average Bonchev–Trinajstić information content (AvgIpc) is 2.89. The molecule has 1 aliphatic rings. The number of rotatable bonds is 5. The Hall–Kier alpha value is -1.01. The number of halogens is 3. The first kappa shape index (κ1) is 20.0. The molecule has 0 bridgehead atoms. The number of nitrogens with one attached hydrogen (secondary N) is 1. The molecule has 2 atom stereocenters. The van der Waals surface area contributed by atoms with E-state index in [4.69, 9.17) is 28.9 Å². The summed E-state index contributed by atoms with van der Waals surface area (Å²) in [5, 5.41) is 3.60. The molecule has 0 aliphatic carbocycles. The second kappa shape index (κ2) is 8.73. The fourth-order valence-electron chi connectivity index (χ4n) is 2.31. The minimum Gasteiger partial charge on any atom is -0.355 e. The Morgan fingerprint density at radius 3 is 2.74 bits per heavy atom. The van der Waals surface area contributed by atoms with Crippen molar-refractivity contribution < 1.29 is 9.59 Å². The van der Waals surface area contributed by atoms with Gasteiger partial charge in [0.1, 0.15) is 5.92 Å². The summed E-state index contributed by atoms with van der Waals surface area (Å²) >= 11 is 11.9. The summed E-state index contributed by atoms with van der Waals surface area (Å²) in [6, 6.07) is 5.00. The van der Waals surface area contributed by atoms with E-state index >= 15 is 0 Å². The van der Waals surface area contributed by atoms with Crippen LogP contribution in [-0.4, -0.2) is 31.4 Å². The van der Waals surface area contributed by atoms with Gasteiger partial charge in [-0.25, -0.2) is 0 Å². The Labute approximate surface area is 151 Å². The van der Waals surface area contributed by atoms with E-state index in [0.29, 0.717) is 41.8 Å². The summed E-state index contributed by atoms with van der Waals surface area (Å²) in [4.78, 5) is 26.1. The first-order valence-corrected chi connectivity index (χ1v) is 7.93. The molecule has 2 amide bonds. The molecule has 1 fully saturated rings. The summed E-state index contributed by atoms with van der Waals surface area (Å²) < 4.78 is 0. The van der Waals surface area contributed by atoms with E-state index in [1.165, 1.54) is 0 Å². The fourth-order valence-corrected chi connectivity index (χ4v) is 2.61. The zero-order chi connectivity index (χ0) is 16.3. The highest BCUT2D eigenvalue weighted by molar-refractivity contribution is 6.42. The molecule has 8 heteroatoms. The Bertz CT molecular complexity index is 583. The topological polar surface area (TPSA) is 75.4 Å². The van der Waals surface area contributed by atoms with E-state index in [1.807, 2.05) is 6.92 Å². The summed E-state index contributed by atoms with van der Waals surface area (Å²) in [6.07, 6.45) is 0.488. The molecule has 2 unspecified atom stereocenters. The highest BCUT2D eigenvalue weighted by atomic mass is 35.5. The average molecular weight is 381 g/mol. The lowest BCUT2D eigenvalue weighted by atomic mass is 10.1. The minimum atomic E-state index is -0.653. The number of nitrogens with zero attached hydrogens (tertiary/aromatic N) is 1. The van der Waals surface area contributed by atoms with Gasteiger partial charge < -0.3 is 16.0 Å². The summed E-state index contributed by atoms with van der Waals surface area (Å²) in [6.45, 7) is 3.40. The van der Waals surface area contributed by atoms with E-state index < -0.39 is 5.92 Å². The van der Waals surface area contributed by atoms with Crippen LogP contribution < -0.4 is 16.0 Å². The predicted molar refractivity (Wildman–Crippen MR) is 95.4 cm³/mol. The molecule has 1 aliphatic heterocycles. The number of hydrogen-bond acceptors (Lipinski definition) is 3. The van der Waals surface area contributed by atoms with Gasteiger partial charge >= 0.3 is 0 Å². The second-order valence-electron chi connectivity index (χ2n) is 5.52. The van der Waals surface area contributed by atoms with Gasteiger partial charge in [-0.2, -0.15) is 0 Å². The normalized spacial score (nSPS) is 18.5. The van der Waals surface area contributed by atoms with Crippen LogP contribution in [0.4, 0.5) is 5.69 Å². The van der Waals surface area contributed by atoms with Crippen LogP contribution in [0.15, 0.2) is 18.2 Å². The molecule has 1 heterocycles. The van der Waals surface area contributed by atoms with E-state index in [9.17, 15) is 9.59 Å². The molecule has 3 N–H and O–H groups in total. The van der Waals surface area contributed by atoms with E-state index in [2.05, 4.69) is 5.32 Å². The van der Waals surface area contributed by atoms with Crippen LogP contribution in [0.5, 0.6) is 0 Å². The van der Waals surface area contributed by atoms with Gasteiger partial charge in [0, 0.05) is 18.8 Å². The van der Waals surface area contributed by atoms with Crippen LogP contribution in [0.25, 0.3) is 0 Å². The largest absolute Gasteiger partial charge is 0.355 e. The maximum Gasteiger partial charge on any atom is 0.239 e. The third kappa shape index (κ3) is 4.73. The van der Waals surface area contributed by atoms with Crippen LogP contribution in [0.1, 0.15) is 13.3 Å². The minimum absolute atomic E-state index is 0. The van der Waals surface area contributed by atoms with Crippen molar-refractivity contribution in [2.24, 2.45) is 17.6 Å². The van der Waals surface area contributed by atoms with Crippen LogP contribution >= 0.6 is 35.6 Å². The van der Waals surface area contributed by atoms with Gasteiger partial charge in [-0.1, -0.05) is 30.1 Å². The van der Waals surface area contributed by atoms with Crippen LogP contribution in [0.3, 0.4) is 0 Å². The lowest BCUT2D eigenvalue weighted by molar-refractivity contribution is -0.132. The highest BCUT2D eigenvalue weighted by Crippen LogP contribution is 2.31. The molecule has 0 radical (unpaired) electrons. The van der Waals surface area contributed by atoms with Gasteiger partial charge in [-0.15, -0.1) is 12.4 Å². The van der Waals surface area contributed by atoms with Crippen molar-refractivity contribution >= 4 is 53.1 Å². The van der Waals surface area contributed by atoms with Crippen LogP contribution in [-0.2, 0) is 9.59 Å². The number of carbonyl (C=O) groups excluding carboxylic acids is 2. The smallest absolute Gasteiger partial charge is 0.239 e. The van der Waals surface area contributed by atoms with Gasteiger partial charge in [-0.05, 0) is 37.1 Å². The lowest BCUT2D eigenvalue weighted by Crippen LogP contribution is -2.39. The maximum atomic E-state index is 12.4. The molecule has 1 aromatic carbocycles. The predicted octanol–water partition coefficient (Wildman–Crippen LogP) is 2.48. The first-order valence-electron chi connectivity index (χ1n) is 7.18.